The Morgan fingerprint density at radius 1 is 0.172 bits per heavy atom. The number of hydrogen-bond donors (Lipinski definition) is 0. The van der Waals surface area contributed by atoms with Gasteiger partial charge in [-0.25, -0.2) is 0 Å². The van der Waals surface area contributed by atoms with E-state index < -0.39 is 0 Å². The number of fused-ring (bicyclic) bond motifs is 32. The maximum absolute atomic E-state index is 2.56. The Morgan fingerprint density at radius 3 is 0.695 bits per heavy atom. The van der Waals surface area contributed by atoms with Gasteiger partial charge in [-0.1, -0.05) is 340 Å². The van der Waals surface area contributed by atoms with Crippen LogP contribution < -0.4 is 0 Å². The van der Waals surface area contributed by atoms with Crippen LogP contribution >= 0.6 is 0 Å². The summed E-state index contributed by atoms with van der Waals surface area (Å²) >= 11 is 0. The Labute approximate surface area is 743 Å². The number of rotatable bonds is 4. The van der Waals surface area contributed by atoms with Crippen LogP contribution in [-0.4, -0.2) is 17.6 Å². The van der Waals surface area contributed by atoms with E-state index in [1.807, 2.05) is 0 Å². The lowest BCUT2D eigenvalue weighted by Gasteiger charge is -2.19. The first-order valence-corrected chi connectivity index (χ1v) is 46.3. The zero-order chi connectivity index (χ0) is 86.7. The zero-order valence-electron chi connectivity index (χ0n) is 75.3. The minimum absolute atomic E-state index is 0.141. The molecule has 0 aliphatic rings. The molecule has 0 radical (unpaired) electrons. The molecule has 4 nitrogen and oxygen atoms in total. The molecular formula is C124H100N4. The molecule has 8 aromatic heterocycles. The molecule has 0 bridgehead atoms. The molecule has 0 aliphatic carbocycles. The van der Waals surface area contributed by atoms with E-state index in [0.29, 0.717) is 23.7 Å². The third kappa shape index (κ3) is 11.2. The maximum Gasteiger partial charge on any atom is 0.0620 e. The lowest BCUT2D eigenvalue weighted by atomic mass is 9.85. The number of para-hydroxylation sites is 4. The second-order valence-corrected chi connectivity index (χ2v) is 40.3. The number of hydrogen-bond acceptors (Lipinski definition) is 0. The monoisotopic (exact) mass is 1640 g/mol. The zero-order valence-corrected chi connectivity index (χ0v) is 75.3. The van der Waals surface area contributed by atoms with Crippen molar-refractivity contribution in [1.29, 1.82) is 0 Å². The van der Waals surface area contributed by atoms with Crippen LogP contribution in [0.25, 0.3) is 239 Å². The first-order chi connectivity index (χ1) is 62.0. The largest absolute Gasteiger partial charge is 0.308 e. The molecule has 0 saturated heterocycles. The summed E-state index contributed by atoms with van der Waals surface area (Å²) in [7, 11) is 0. The van der Waals surface area contributed by atoms with Gasteiger partial charge >= 0.3 is 0 Å². The van der Waals surface area contributed by atoms with E-state index in [-0.39, 0.29) is 10.8 Å². The molecule has 0 spiro atoms. The first-order valence-electron chi connectivity index (χ1n) is 46.3. The second-order valence-electron chi connectivity index (χ2n) is 40.3. The van der Waals surface area contributed by atoms with Gasteiger partial charge < -0.3 is 17.6 Å². The fourth-order valence-corrected chi connectivity index (χ4v) is 22.9. The second kappa shape index (κ2) is 27.6. The van der Waals surface area contributed by atoms with Crippen LogP contribution in [0.2, 0.25) is 0 Å². The van der Waals surface area contributed by atoms with Crippen LogP contribution in [0.4, 0.5) is 0 Å². The van der Waals surface area contributed by atoms with Crippen LogP contribution in [0.3, 0.4) is 0 Å². The van der Waals surface area contributed by atoms with Crippen LogP contribution in [0.15, 0.2) is 328 Å². The minimum atomic E-state index is 0.141. The number of nitrogens with zero attached hydrogens (tertiary/aromatic N) is 4. The van der Waals surface area contributed by atoms with Crippen molar-refractivity contribution in [2.45, 2.75) is 131 Å². The van der Waals surface area contributed by atoms with Crippen LogP contribution in [0, 0.1) is 0 Å². The highest BCUT2D eigenvalue weighted by Crippen LogP contribution is 2.51. The summed E-state index contributed by atoms with van der Waals surface area (Å²) in [6, 6.07) is 124. The average molecular weight is 1650 g/mol. The Morgan fingerprint density at radius 2 is 0.398 bits per heavy atom. The fraction of sp³-hybridized carbons (Fsp3) is 0.161. The highest BCUT2D eigenvalue weighted by molar-refractivity contribution is 6.32. The summed E-state index contributed by atoms with van der Waals surface area (Å²) in [5.41, 5.74) is 24.7. The first kappa shape index (κ1) is 76.1. The molecule has 28 aromatic rings. The molecule has 0 N–H and O–H groups in total. The van der Waals surface area contributed by atoms with Gasteiger partial charge in [0.05, 0.1) is 66.2 Å². The average Bonchev–Trinajstić information content (AvgIpc) is 1.47. The SMILES string of the molecule is CC(C)(C)c1ccc2cc3c(cc2c1)c1cccc2c4cc5cc(C(C)(C)C)ccc5cc4n3c12.CC(C)c1c2ccccc2cc2c1c1cccc3c4c(C(C)C)c5ccccc5cc4n2c13.CC(C)c1ccc2cc3c(cc2c1)c1cccc2c4cc5cc(C(C)C)ccc5cc4n3c12.c1ccc2cc3c(cc2c1)c1cccc2c4cc5ccccc5cc4n3c12. The molecule has 4 heteroatoms. The van der Waals surface area contributed by atoms with Crippen LogP contribution in [0.1, 0.15) is 154 Å². The van der Waals surface area contributed by atoms with Crippen molar-refractivity contribution in [3.05, 3.63) is 361 Å². The lowest BCUT2D eigenvalue weighted by Crippen LogP contribution is -2.10. The number of aromatic nitrogens is 4. The lowest BCUT2D eigenvalue weighted by molar-refractivity contribution is 0.591. The molecule has 0 fully saturated rings. The van der Waals surface area contributed by atoms with Crippen LogP contribution in [-0.2, 0) is 10.8 Å². The third-order valence-corrected chi connectivity index (χ3v) is 29.2. The fourth-order valence-electron chi connectivity index (χ4n) is 22.9. The van der Waals surface area contributed by atoms with Crippen molar-refractivity contribution in [1.82, 2.24) is 17.6 Å². The summed E-state index contributed by atoms with van der Waals surface area (Å²) in [4.78, 5) is 0. The summed E-state index contributed by atoms with van der Waals surface area (Å²) < 4.78 is 10.0. The van der Waals surface area contributed by atoms with Gasteiger partial charge in [-0.3, -0.25) is 0 Å². The highest BCUT2D eigenvalue weighted by atomic mass is 14.9. The van der Waals surface area contributed by atoms with E-state index in [9.17, 15) is 0 Å². The van der Waals surface area contributed by atoms with Gasteiger partial charge in [-0.2, -0.15) is 0 Å². The van der Waals surface area contributed by atoms with Crippen molar-refractivity contribution < 1.29 is 0 Å². The Kier molecular flexibility index (Phi) is 16.4. The normalized spacial score (nSPS) is 12.9. The summed E-state index contributed by atoms with van der Waals surface area (Å²) in [6.07, 6.45) is 0. The highest BCUT2D eigenvalue weighted by Gasteiger charge is 2.29. The Bertz CT molecular complexity index is 9020. The van der Waals surface area contributed by atoms with Gasteiger partial charge in [0.2, 0.25) is 0 Å². The van der Waals surface area contributed by atoms with Crippen molar-refractivity contribution in [3.63, 3.8) is 0 Å². The van der Waals surface area contributed by atoms with Crippen molar-refractivity contribution >= 4 is 239 Å². The Balaban J connectivity index is 0.0000000929. The van der Waals surface area contributed by atoms with E-state index >= 15 is 0 Å². The van der Waals surface area contributed by atoms with Crippen LogP contribution in [0.5, 0.6) is 0 Å². The molecule has 28 rings (SSSR count). The molecule has 0 amide bonds. The van der Waals surface area contributed by atoms with Gasteiger partial charge in [0.15, 0.2) is 0 Å². The molecule has 8 heterocycles. The topological polar surface area (TPSA) is 17.6 Å². The van der Waals surface area contributed by atoms with E-state index in [1.54, 1.807) is 0 Å². The van der Waals surface area contributed by atoms with Gasteiger partial charge in [0, 0.05) is 86.2 Å². The van der Waals surface area contributed by atoms with Crippen molar-refractivity contribution in [2.24, 2.45) is 0 Å². The van der Waals surface area contributed by atoms with Crippen molar-refractivity contribution in [3.8, 4) is 0 Å². The third-order valence-electron chi connectivity index (χ3n) is 29.2. The Hall–Kier alpha value is -14.3. The van der Waals surface area contributed by atoms with E-state index in [0.717, 1.165) is 0 Å². The molecule has 0 saturated carbocycles. The summed E-state index contributed by atoms with van der Waals surface area (Å²) in [5, 5.41) is 42.9. The smallest absolute Gasteiger partial charge is 0.0620 e. The molecular weight excluding hydrogens is 1550 g/mol. The van der Waals surface area contributed by atoms with E-state index in [1.165, 1.54) is 272 Å². The van der Waals surface area contributed by atoms with Crippen molar-refractivity contribution in [2.75, 3.05) is 0 Å². The molecule has 20 aromatic carbocycles. The van der Waals surface area contributed by atoms with Gasteiger partial charge in [0.25, 0.3) is 0 Å². The van der Waals surface area contributed by atoms with E-state index in [2.05, 4.69) is 442 Å². The molecule has 616 valence electrons. The molecule has 0 atom stereocenters. The van der Waals surface area contributed by atoms with Gasteiger partial charge in [-0.15, -0.1) is 0 Å². The maximum atomic E-state index is 2.56. The summed E-state index contributed by atoms with van der Waals surface area (Å²) in [5.74, 6) is 1.97. The molecule has 0 unspecified atom stereocenters. The van der Waals surface area contributed by atoms with Gasteiger partial charge in [0.1, 0.15) is 0 Å². The quantitative estimate of drug-likeness (QED) is 0.167. The standard InChI is InChI=1S/C34H31N.2C32H27N.C26H15N/c1-33(2,3)24-12-10-20-18-30-28(16-22(20)14-24)26-8-7-9-27-29-17-23-15-25(34(4,5)6)13-11-21(23)19-31(29)35(30)32(26)27;1-18(2)28-22-12-7-5-10-20(22)16-26-30(28)24-14-9-15-25-31-27(33(26)32(24)25)17-21-11-6-8-13-23(21)29(31)19(3)4;1-18(2)20-8-10-22-16-30-28(14-24(22)12-20)26-6-5-7-27-29-15-25-13-21(19(3)4)9-11-23(25)17-31(29)33(30)32(26)27;1-3-8-18-14-24-22(12-16(18)6-1)20-10-5-11-21-23-13-17-7-2-4-9-19(17)15-25(23)27(24)26(20)21/h7-19H,1-6H3;2*5-19H,1-4H3;1-15H. The van der Waals surface area contributed by atoms with Gasteiger partial charge in [-0.05, 0) is 239 Å². The molecule has 0 aliphatic heterocycles. The predicted molar refractivity (Wildman–Crippen MR) is 558 cm³/mol. The predicted octanol–water partition coefficient (Wildman–Crippen LogP) is 35.7. The number of benzene rings is 20. The molecule has 128 heavy (non-hydrogen) atoms. The summed E-state index contributed by atoms with van der Waals surface area (Å²) in [6.45, 7) is 32.1. The van der Waals surface area contributed by atoms with E-state index in [4.69, 9.17) is 0 Å². The minimum Gasteiger partial charge on any atom is -0.308 e.